The Morgan fingerprint density at radius 3 is 2.42 bits per heavy atom. The van der Waals surface area contributed by atoms with Crippen LogP contribution >= 0.6 is 0 Å². The number of anilines is 1. The minimum atomic E-state index is -0.360. The minimum absolute atomic E-state index is 0.0148. The Bertz CT molecular complexity index is 1280. The maximum atomic E-state index is 13.8. The highest BCUT2D eigenvalue weighted by atomic mass is 16.5. The van der Waals surface area contributed by atoms with Crippen molar-refractivity contribution in [3.05, 3.63) is 108 Å². The second-order valence-electron chi connectivity index (χ2n) is 8.91. The van der Waals surface area contributed by atoms with Gasteiger partial charge in [0.2, 0.25) is 0 Å². The van der Waals surface area contributed by atoms with Gasteiger partial charge in [0.1, 0.15) is 11.9 Å². The van der Waals surface area contributed by atoms with Crippen molar-refractivity contribution in [2.45, 2.75) is 26.6 Å². The molecule has 0 saturated heterocycles. The van der Waals surface area contributed by atoms with Crippen molar-refractivity contribution in [2.24, 2.45) is 5.92 Å². The molecule has 1 N–H and O–H groups in total. The summed E-state index contributed by atoms with van der Waals surface area (Å²) in [6.07, 6.45) is -0.360. The third kappa shape index (κ3) is 4.17. The molecule has 1 atom stereocenters. The van der Waals surface area contributed by atoms with Gasteiger partial charge < -0.3 is 15.0 Å². The predicted molar refractivity (Wildman–Crippen MR) is 133 cm³/mol. The monoisotopic (exact) mass is 436 g/mol. The van der Waals surface area contributed by atoms with Gasteiger partial charge >= 0.3 is 0 Å². The van der Waals surface area contributed by atoms with Gasteiger partial charge in [0.05, 0.1) is 12.2 Å². The number of ether oxygens (including phenoxy) is 1. The summed E-state index contributed by atoms with van der Waals surface area (Å²) in [7, 11) is 0. The van der Waals surface area contributed by atoms with Crippen LogP contribution in [0.3, 0.4) is 0 Å². The molecule has 166 valence electrons. The first-order chi connectivity index (χ1) is 16.1. The average Bonchev–Trinajstić information content (AvgIpc) is 2.84. The first kappa shape index (κ1) is 21.1. The Labute approximate surface area is 194 Å². The van der Waals surface area contributed by atoms with E-state index < -0.39 is 0 Å². The summed E-state index contributed by atoms with van der Waals surface area (Å²) in [6.45, 7) is 5.39. The lowest BCUT2D eigenvalue weighted by Gasteiger charge is -2.39. The van der Waals surface area contributed by atoms with E-state index in [-0.39, 0.29) is 12.1 Å². The summed E-state index contributed by atoms with van der Waals surface area (Å²) < 4.78 is 6.30. The molecule has 0 aliphatic carbocycles. The molecule has 1 amide bonds. The highest BCUT2D eigenvalue weighted by Crippen LogP contribution is 2.41. The van der Waals surface area contributed by atoms with Crippen LogP contribution < -0.4 is 10.1 Å². The molecule has 0 fully saturated rings. The molecule has 1 unspecified atom stereocenters. The Balaban J connectivity index is 1.68. The molecule has 0 radical (unpaired) electrons. The summed E-state index contributed by atoms with van der Waals surface area (Å²) in [5, 5.41) is 5.87. The lowest BCUT2D eigenvalue weighted by atomic mass is 9.96. The third-order valence-electron chi connectivity index (χ3n) is 5.99. The lowest BCUT2D eigenvalue weighted by Crippen LogP contribution is -2.42. The molecule has 0 spiro atoms. The second-order valence-corrected chi connectivity index (χ2v) is 8.91. The summed E-state index contributed by atoms with van der Waals surface area (Å²) in [6, 6.07) is 30.3. The molecule has 0 aromatic heterocycles. The van der Waals surface area contributed by atoms with Crippen LogP contribution in [-0.4, -0.2) is 17.4 Å². The standard InChI is InChI=1S/C29H28N2O2/c1-20(2)19-33-26-17-16-22-12-6-7-13-23(22)27(26)28-30-25-15-9-8-14-24(25)29(32)31(28)18-21-10-4-3-5-11-21/h3-17,20,28,30H,18-19H2,1-2H3. The maximum absolute atomic E-state index is 13.8. The number of para-hydroxylation sites is 1. The average molecular weight is 437 g/mol. The van der Waals surface area contributed by atoms with Crippen molar-refractivity contribution in [3.63, 3.8) is 0 Å². The number of carbonyl (C=O) groups is 1. The number of hydrogen-bond donors (Lipinski definition) is 1. The highest BCUT2D eigenvalue weighted by molar-refractivity contribution is 6.02. The minimum Gasteiger partial charge on any atom is -0.493 e. The summed E-state index contributed by atoms with van der Waals surface area (Å²) >= 11 is 0. The van der Waals surface area contributed by atoms with Crippen LogP contribution in [0.1, 0.15) is 41.5 Å². The largest absolute Gasteiger partial charge is 0.493 e. The molecular weight excluding hydrogens is 408 g/mol. The summed E-state index contributed by atoms with van der Waals surface area (Å²) in [5.74, 6) is 1.22. The number of carbonyl (C=O) groups excluding carboxylic acids is 1. The van der Waals surface area contributed by atoms with E-state index >= 15 is 0 Å². The first-order valence-electron chi connectivity index (χ1n) is 11.5. The van der Waals surface area contributed by atoms with E-state index in [0.717, 1.165) is 33.3 Å². The fourth-order valence-electron chi connectivity index (χ4n) is 4.40. The maximum Gasteiger partial charge on any atom is 0.258 e. The third-order valence-corrected chi connectivity index (χ3v) is 5.99. The predicted octanol–water partition coefficient (Wildman–Crippen LogP) is 6.64. The molecule has 0 bridgehead atoms. The lowest BCUT2D eigenvalue weighted by molar-refractivity contribution is 0.0665. The van der Waals surface area contributed by atoms with Crippen LogP contribution in [0.25, 0.3) is 10.8 Å². The van der Waals surface area contributed by atoms with E-state index in [9.17, 15) is 4.79 Å². The van der Waals surface area contributed by atoms with E-state index in [4.69, 9.17) is 4.74 Å². The van der Waals surface area contributed by atoms with Gasteiger partial charge in [-0.1, -0.05) is 86.6 Å². The number of rotatable bonds is 6. The summed E-state index contributed by atoms with van der Waals surface area (Å²) in [5.41, 5.74) is 3.61. The normalized spacial score (nSPS) is 15.4. The number of amides is 1. The Morgan fingerprint density at radius 1 is 0.879 bits per heavy atom. The van der Waals surface area contributed by atoms with Gasteiger partial charge in [0.25, 0.3) is 5.91 Å². The zero-order chi connectivity index (χ0) is 22.8. The van der Waals surface area contributed by atoms with Gasteiger partial charge in [-0.25, -0.2) is 0 Å². The van der Waals surface area contributed by atoms with Gasteiger partial charge in [-0.3, -0.25) is 4.79 Å². The zero-order valence-corrected chi connectivity index (χ0v) is 19.0. The van der Waals surface area contributed by atoms with Crippen molar-refractivity contribution >= 4 is 22.4 Å². The molecular formula is C29H28N2O2. The Kier molecular flexibility index (Phi) is 5.74. The fourth-order valence-corrected chi connectivity index (χ4v) is 4.40. The number of nitrogens with one attached hydrogen (secondary N) is 1. The molecule has 1 aliphatic rings. The first-order valence-corrected chi connectivity index (χ1v) is 11.5. The Hall–Kier alpha value is -3.79. The SMILES string of the molecule is CC(C)COc1ccc2ccccc2c1C1Nc2ccccc2C(=O)N1Cc1ccccc1. The van der Waals surface area contributed by atoms with Crippen molar-refractivity contribution in [3.8, 4) is 5.75 Å². The van der Waals surface area contributed by atoms with Crippen molar-refractivity contribution in [2.75, 3.05) is 11.9 Å². The number of benzene rings is 4. The molecule has 4 nitrogen and oxygen atoms in total. The number of hydrogen-bond acceptors (Lipinski definition) is 3. The molecule has 0 saturated carbocycles. The molecule has 4 aromatic rings. The van der Waals surface area contributed by atoms with Crippen LogP contribution in [0.4, 0.5) is 5.69 Å². The van der Waals surface area contributed by atoms with Crippen LogP contribution in [0.5, 0.6) is 5.75 Å². The van der Waals surface area contributed by atoms with Crippen LogP contribution in [0, 0.1) is 5.92 Å². The van der Waals surface area contributed by atoms with Crippen molar-refractivity contribution < 1.29 is 9.53 Å². The fraction of sp³-hybridized carbons (Fsp3) is 0.207. The van der Waals surface area contributed by atoms with Gasteiger partial charge in [-0.2, -0.15) is 0 Å². The number of nitrogens with zero attached hydrogens (tertiary/aromatic N) is 1. The highest BCUT2D eigenvalue weighted by Gasteiger charge is 2.35. The molecule has 4 aromatic carbocycles. The van der Waals surface area contributed by atoms with Crippen molar-refractivity contribution in [1.82, 2.24) is 4.90 Å². The second kappa shape index (κ2) is 8.99. The van der Waals surface area contributed by atoms with Crippen LogP contribution in [0.15, 0.2) is 91.0 Å². The number of fused-ring (bicyclic) bond motifs is 2. The molecule has 1 heterocycles. The molecule has 33 heavy (non-hydrogen) atoms. The van der Waals surface area contributed by atoms with E-state index in [0.29, 0.717) is 24.6 Å². The topological polar surface area (TPSA) is 41.6 Å². The van der Waals surface area contributed by atoms with E-state index in [1.807, 2.05) is 65.6 Å². The van der Waals surface area contributed by atoms with Crippen LogP contribution in [-0.2, 0) is 6.54 Å². The quantitative estimate of drug-likeness (QED) is 0.368. The van der Waals surface area contributed by atoms with Crippen LogP contribution in [0.2, 0.25) is 0 Å². The molecule has 5 rings (SSSR count). The molecule has 4 heteroatoms. The van der Waals surface area contributed by atoms with E-state index in [2.05, 4.69) is 49.5 Å². The van der Waals surface area contributed by atoms with Gasteiger partial charge in [0.15, 0.2) is 0 Å². The van der Waals surface area contributed by atoms with Gasteiger partial charge in [-0.15, -0.1) is 0 Å². The Morgan fingerprint density at radius 2 is 1.61 bits per heavy atom. The zero-order valence-electron chi connectivity index (χ0n) is 19.0. The molecule has 1 aliphatic heterocycles. The van der Waals surface area contributed by atoms with Gasteiger partial charge in [-0.05, 0) is 40.5 Å². The van der Waals surface area contributed by atoms with E-state index in [1.165, 1.54) is 0 Å². The smallest absolute Gasteiger partial charge is 0.258 e. The van der Waals surface area contributed by atoms with E-state index in [1.54, 1.807) is 0 Å². The van der Waals surface area contributed by atoms with Crippen molar-refractivity contribution in [1.29, 1.82) is 0 Å². The van der Waals surface area contributed by atoms with Gasteiger partial charge in [0, 0.05) is 17.8 Å². The summed E-state index contributed by atoms with van der Waals surface area (Å²) in [4.78, 5) is 15.7.